The van der Waals surface area contributed by atoms with Crippen LogP contribution in [0, 0.1) is 0 Å². The molecule has 0 amide bonds. The van der Waals surface area contributed by atoms with Crippen molar-refractivity contribution in [3.05, 3.63) is 158 Å². The molecule has 3 N–H and O–H groups in total. The fourth-order valence-corrected chi connectivity index (χ4v) is 6.70. The Bertz CT molecular complexity index is 1870. The summed E-state index contributed by atoms with van der Waals surface area (Å²) in [6.07, 6.45) is 57.1. The molecule has 0 aromatic carbocycles. The molecule has 12 heteroatoms. The van der Waals surface area contributed by atoms with Gasteiger partial charge < -0.3 is 39.0 Å². The number of rotatable bonds is 41. The molecule has 0 aromatic rings. The third-order valence-electron chi connectivity index (χ3n) is 10.6. The highest BCUT2D eigenvalue weighted by Crippen LogP contribution is 2.26. The van der Waals surface area contributed by atoms with Crippen molar-refractivity contribution in [1.29, 1.82) is 0 Å². The standard InChI is InChI=1S/C61H88O12/c1-4-7-10-13-16-19-22-25-27-30-32-35-38-41-44-47-53(62)69-50-52(71-54(63)48-45-42-39-36-33-29-24-21-18-15-12-9-6-3)51-70-61-59(57(66)56(65)58(73-61)60(67)68)72-55(64)49-46-43-40-37-34-31-28-26-23-20-17-14-11-8-5-2/h7-12,16-21,25-29,32-35,37,41,43-44,46,52,56-59,61,65-66H,4-6,13-15,22-24,30-31,36,38-40,42,45,47-51H2,1-3H3,(H,67,68)/b10-7-,11-8-,12-9-,19-16-,20-17-,21-18-,27-25-,28-26-,33-29-,35-32-,37-34-,44-41-,46-43-. The smallest absolute Gasteiger partial charge is 0.335 e. The Morgan fingerprint density at radius 2 is 0.863 bits per heavy atom. The van der Waals surface area contributed by atoms with Crippen LogP contribution in [0.5, 0.6) is 0 Å². The molecule has 1 rings (SSSR count). The van der Waals surface area contributed by atoms with E-state index in [-0.39, 0.29) is 19.3 Å². The number of unbranched alkanes of at least 4 members (excludes halogenated alkanes) is 3. The van der Waals surface area contributed by atoms with Crippen LogP contribution in [0.15, 0.2) is 158 Å². The topological polar surface area (TPSA) is 175 Å². The van der Waals surface area contributed by atoms with Crippen LogP contribution in [0.4, 0.5) is 0 Å². The van der Waals surface area contributed by atoms with Gasteiger partial charge in [0, 0.05) is 6.42 Å². The van der Waals surface area contributed by atoms with E-state index in [1.165, 1.54) is 0 Å². The zero-order valence-electron chi connectivity index (χ0n) is 44.0. The van der Waals surface area contributed by atoms with Crippen molar-refractivity contribution in [2.45, 2.75) is 186 Å². The van der Waals surface area contributed by atoms with E-state index >= 15 is 0 Å². The molecule has 1 aliphatic heterocycles. The molecule has 6 unspecified atom stereocenters. The van der Waals surface area contributed by atoms with Crippen molar-refractivity contribution in [1.82, 2.24) is 0 Å². The number of carbonyl (C=O) groups is 4. The lowest BCUT2D eigenvalue weighted by Crippen LogP contribution is -2.61. The quantitative estimate of drug-likeness (QED) is 0.0229. The molecule has 0 radical (unpaired) electrons. The molecule has 0 spiro atoms. The first-order chi connectivity index (χ1) is 35.6. The fourth-order valence-electron chi connectivity index (χ4n) is 6.70. The number of esters is 3. The fraction of sp³-hybridized carbons (Fsp3) is 0.508. The predicted molar refractivity (Wildman–Crippen MR) is 293 cm³/mol. The van der Waals surface area contributed by atoms with Gasteiger partial charge in [0.25, 0.3) is 0 Å². The number of hydrogen-bond donors (Lipinski definition) is 3. The molecule has 12 nitrogen and oxygen atoms in total. The van der Waals surface area contributed by atoms with Gasteiger partial charge in [0.15, 0.2) is 24.6 Å². The van der Waals surface area contributed by atoms with Crippen molar-refractivity contribution >= 4 is 23.9 Å². The molecule has 0 aliphatic carbocycles. The zero-order valence-corrected chi connectivity index (χ0v) is 44.0. The molecule has 0 bridgehead atoms. The van der Waals surface area contributed by atoms with E-state index in [0.29, 0.717) is 19.3 Å². The van der Waals surface area contributed by atoms with Crippen LogP contribution in [0.2, 0.25) is 0 Å². The maximum Gasteiger partial charge on any atom is 0.335 e. The normalized spacial score (nSPS) is 19.6. The van der Waals surface area contributed by atoms with E-state index in [2.05, 4.69) is 130 Å². The Balaban J connectivity index is 2.87. The van der Waals surface area contributed by atoms with E-state index in [1.807, 2.05) is 30.4 Å². The molecular formula is C61H88O12. The summed E-state index contributed by atoms with van der Waals surface area (Å²) in [5.41, 5.74) is 0. The van der Waals surface area contributed by atoms with Gasteiger partial charge in [-0.3, -0.25) is 14.4 Å². The summed E-state index contributed by atoms with van der Waals surface area (Å²) < 4.78 is 28.0. The highest BCUT2D eigenvalue weighted by Gasteiger charge is 2.50. The van der Waals surface area contributed by atoms with Gasteiger partial charge in [-0.15, -0.1) is 0 Å². The number of hydrogen-bond acceptors (Lipinski definition) is 11. The third kappa shape index (κ3) is 37.7. The minimum Gasteiger partial charge on any atom is -0.479 e. The van der Waals surface area contributed by atoms with Crippen LogP contribution >= 0.6 is 0 Å². The summed E-state index contributed by atoms with van der Waals surface area (Å²) in [7, 11) is 0. The van der Waals surface area contributed by atoms with Crippen molar-refractivity contribution in [2.75, 3.05) is 13.2 Å². The van der Waals surface area contributed by atoms with Gasteiger partial charge in [-0.25, -0.2) is 4.79 Å². The van der Waals surface area contributed by atoms with E-state index in [4.69, 9.17) is 23.7 Å². The summed E-state index contributed by atoms with van der Waals surface area (Å²) >= 11 is 0. The van der Waals surface area contributed by atoms with Gasteiger partial charge in [-0.1, -0.05) is 185 Å². The number of aliphatic hydroxyl groups excluding tert-OH is 2. The highest BCUT2D eigenvalue weighted by molar-refractivity contribution is 5.74. The molecule has 1 saturated heterocycles. The lowest BCUT2D eigenvalue weighted by Gasteiger charge is -2.40. The molecular weight excluding hydrogens is 925 g/mol. The van der Waals surface area contributed by atoms with Gasteiger partial charge in [-0.2, -0.15) is 0 Å². The lowest BCUT2D eigenvalue weighted by atomic mass is 9.98. The van der Waals surface area contributed by atoms with Gasteiger partial charge >= 0.3 is 23.9 Å². The largest absolute Gasteiger partial charge is 0.479 e. The van der Waals surface area contributed by atoms with E-state index < -0.39 is 73.9 Å². The molecule has 73 heavy (non-hydrogen) atoms. The number of carboxylic acid groups (broad SMARTS) is 1. The highest BCUT2D eigenvalue weighted by atomic mass is 16.7. The summed E-state index contributed by atoms with van der Waals surface area (Å²) in [6, 6.07) is 0. The second-order valence-electron chi connectivity index (χ2n) is 17.0. The van der Waals surface area contributed by atoms with Crippen molar-refractivity contribution in [3.63, 3.8) is 0 Å². The zero-order chi connectivity index (χ0) is 53.3. The van der Waals surface area contributed by atoms with Crippen molar-refractivity contribution in [2.24, 2.45) is 0 Å². The van der Waals surface area contributed by atoms with Crippen LogP contribution < -0.4 is 0 Å². The summed E-state index contributed by atoms with van der Waals surface area (Å²) in [5, 5.41) is 31.3. The average molecular weight is 1010 g/mol. The first kappa shape index (κ1) is 65.4. The Morgan fingerprint density at radius 3 is 1.29 bits per heavy atom. The van der Waals surface area contributed by atoms with Crippen LogP contribution in [0.25, 0.3) is 0 Å². The number of ether oxygens (including phenoxy) is 5. The number of aliphatic carboxylic acids is 1. The first-order valence-corrected chi connectivity index (χ1v) is 26.5. The lowest BCUT2D eigenvalue weighted by molar-refractivity contribution is -0.301. The summed E-state index contributed by atoms with van der Waals surface area (Å²) in [4.78, 5) is 50.8. The number of aliphatic hydroxyl groups is 2. The Labute approximate surface area is 437 Å². The number of allylic oxidation sites excluding steroid dienone is 24. The van der Waals surface area contributed by atoms with Crippen LogP contribution in [-0.4, -0.2) is 89.2 Å². The Morgan fingerprint density at radius 1 is 0.466 bits per heavy atom. The number of carbonyl (C=O) groups excluding carboxylic acids is 3. The monoisotopic (exact) mass is 1010 g/mol. The molecule has 6 atom stereocenters. The molecule has 1 aliphatic rings. The molecule has 0 aromatic heterocycles. The number of carboxylic acids is 1. The van der Waals surface area contributed by atoms with E-state index in [1.54, 1.807) is 18.2 Å². The predicted octanol–water partition coefficient (Wildman–Crippen LogP) is 13.0. The van der Waals surface area contributed by atoms with Gasteiger partial charge in [0.05, 0.1) is 19.4 Å². The molecule has 0 saturated carbocycles. The maximum absolute atomic E-state index is 13.1. The summed E-state index contributed by atoms with van der Waals surface area (Å²) in [6.45, 7) is 5.44. The van der Waals surface area contributed by atoms with Crippen molar-refractivity contribution < 1.29 is 58.2 Å². The second kappa shape index (κ2) is 47.4. The van der Waals surface area contributed by atoms with Crippen molar-refractivity contribution in [3.8, 4) is 0 Å². The maximum atomic E-state index is 13.1. The second-order valence-corrected chi connectivity index (χ2v) is 17.0. The van der Waals surface area contributed by atoms with E-state index in [0.717, 1.165) is 89.9 Å². The Hall–Kier alpha value is -5.66. The molecule has 404 valence electrons. The molecule has 1 fully saturated rings. The van der Waals surface area contributed by atoms with E-state index in [9.17, 15) is 34.5 Å². The minimum absolute atomic E-state index is 0.0396. The van der Waals surface area contributed by atoms with Gasteiger partial charge in [0.2, 0.25) is 0 Å². The average Bonchev–Trinajstić information content (AvgIpc) is 3.37. The van der Waals surface area contributed by atoms with Crippen LogP contribution in [0.1, 0.15) is 149 Å². The van der Waals surface area contributed by atoms with Gasteiger partial charge in [0.1, 0.15) is 18.8 Å². The van der Waals surface area contributed by atoms with Gasteiger partial charge in [-0.05, 0) is 103 Å². The molecule has 1 heterocycles. The SMILES string of the molecule is CC/C=C\C/C=C\C/C=C\C/C=C\C/C=C\CC(=O)OCC(COC1OC(C(=O)O)C(O)C(O)C1OC(=O)C/C=C\C/C=C\C/C=C\C/C=C\C/C=C\CC)OC(=O)CCCCC/C=C\C/C=C\C/C=C\CC. The minimum atomic E-state index is -1.96. The third-order valence-corrected chi connectivity index (χ3v) is 10.6. The first-order valence-electron chi connectivity index (χ1n) is 26.5. The van der Waals surface area contributed by atoms with Crippen LogP contribution in [0.3, 0.4) is 0 Å². The van der Waals surface area contributed by atoms with Crippen LogP contribution in [-0.2, 0) is 42.9 Å². The Kier molecular flexibility index (Phi) is 42.4. The summed E-state index contributed by atoms with van der Waals surface area (Å²) in [5.74, 6) is -3.53.